The van der Waals surface area contributed by atoms with Crippen LogP contribution in [-0.2, 0) is 0 Å². The van der Waals surface area contributed by atoms with Crippen LogP contribution in [0.25, 0.3) is 5.69 Å². The van der Waals surface area contributed by atoms with E-state index >= 15 is 0 Å². The van der Waals surface area contributed by atoms with Gasteiger partial charge >= 0.3 is 0 Å². The van der Waals surface area contributed by atoms with Crippen LogP contribution < -0.4 is 10.1 Å². The van der Waals surface area contributed by atoms with Crippen LogP contribution in [0.2, 0.25) is 5.02 Å². The minimum Gasteiger partial charge on any atom is -0.495 e. The zero-order valence-electron chi connectivity index (χ0n) is 13.0. The van der Waals surface area contributed by atoms with Gasteiger partial charge in [-0.15, -0.1) is 15.0 Å². The predicted molar refractivity (Wildman–Crippen MR) is 89.8 cm³/mol. The number of nitrogens with zero attached hydrogens (tertiary/aromatic N) is 4. The molecule has 0 aliphatic rings. The highest BCUT2D eigenvalue weighted by atomic mass is 35.5. The number of amides is 1. The van der Waals surface area contributed by atoms with Crippen LogP contribution in [0.1, 0.15) is 16.2 Å². The maximum absolute atomic E-state index is 12.2. The number of halogens is 1. The van der Waals surface area contributed by atoms with Gasteiger partial charge in [0.05, 0.1) is 17.8 Å². The first-order valence-electron chi connectivity index (χ1n) is 7.09. The summed E-state index contributed by atoms with van der Waals surface area (Å²) in [5.41, 5.74) is 2.35. The van der Waals surface area contributed by atoms with Crippen LogP contribution in [0.5, 0.6) is 5.75 Å². The van der Waals surface area contributed by atoms with E-state index in [0.717, 1.165) is 11.3 Å². The Morgan fingerprint density at radius 2 is 1.96 bits per heavy atom. The molecular weight excluding hydrogens is 330 g/mol. The van der Waals surface area contributed by atoms with E-state index in [1.54, 1.807) is 18.2 Å². The fourth-order valence-electron chi connectivity index (χ4n) is 2.02. The molecule has 0 saturated heterocycles. The summed E-state index contributed by atoms with van der Waals surface area (Å²) < 4.78 is 5.07. The van der Waals surface area contributed by atoms with Gasteiger partial charge < -0.3 is 10.1 Å². The molecule has 1 amide bonds. The molecule has 3 aromatic rings. The Bertz CT molecular complexity index is 876. The fraction of sp³-hybridized carbons (Fsp3) is 0.125. The van der Waals surface area contributed by atoms with E-state index in [0.29, 0.717) is 16.5 Å². The van der Waals surface area contributed by atoms with Crippen molar-refractivity contribution in [3.8, 4) is 11.4 Å². The van der Waals surface area contributed by atoms with Gasteiger partial charge in [0, 0.05) is 5.69 Å². The van der Waals surface area contributed by atoms with Crippen molar-refractivity contribution < 1.29 is 9.53 Å². The average Bonchev–Trinajstić information content (AvgIpc) is 3.06. The third-order valence-corrected chi connectivity index (χ3v) is 3.59. The highest BCUT2D eigenvalue weighted by Crippen LogP contribution is 2.27. The first-order chi connectivity index (χ1) is 11.6. The number of hydrogen-bond donors (Lipinski definition) is 1. The molecule has 1 aromatic heterocycles. The number of rotatable bonds is 4. The van der Waals surface area contributed by atoms with E-state index in [4.69, 9.17) is 16.3 Å². The second-order valence-corrected chi connectivity index (χ2v) is 5.45. The molecule has 2 aromatic carbocycles. The highest BCUT2D eigenvalue weighted by molar-refractivity contribution is 6.32. The number of aryl methyl sites for hydroxylation is 1. The van der Waals surface area contributed by atoms with Gasteiger partial charge in [-0.1, -0.05) is 29.3 Å². The van der Waals surface area contributed by atoms with E-state index in [-0.39, 0.29) is 5.82 Å². The number of carbonyl (C=O) groups excluding carboxylic acids is 1. The van der Waals surface area contributed by atoms with Crippen molar-refractivity contribution in [2.24, 2.45) is 0 Å². The highest BCUT2D eigenvalue weighted by Gasteiger charge is 2.14. The third-order valence-electron chi connectivity index (χ3n) is 3.29. The maximum atomic E-state index is 12.2. The predicted octanol–water partition coefficient (Wildman–Crippen LogP) is 2.89. The molecular formula is C16H14ClN5O2. The second-order valence-electron chi connectivity index (χ2n) is 5.04. The van der Waals surface area contributed by atoms with E-state index in [1.165, 1.54) is 11.9 Å². The van der Waals surface area contributed by atoms with Crippen LogP contribution in [-0.4, -0.2) is 33.2 Å². The SMILES string of the molecule is COc1ccc(NC(=O)c2nnn(-c3ccc(C)cc3)n2)cc1Cl. The zero-order chi connectivity index (χ0) is 17.1. The summed E-state index contributed by atoms with van der Waals surface area (Å²) >= 11 is 6.03. The molecule has 0 radical (unpaired) electrons. The molecule has 0 aliphatic carbocycles. The summed E-state index contributed by atoms with van der Waals surface area (Å²) in [5.74, 6) is 0.00946. The van der Waals surface area contributed by atoms with Crippen molar-refractivity contribution >= 4 is 23.2 Å². The van der Waals surface area contributed by atoms with Gasteiger partial charge in [0.2, 0.25) is 0 Å². The molecule has 3 rings (SSSR count). The summed E-state index contributed by atoms with van der Waals surface area (Å²) in [6, 6.07) is 12.5. The summed E-state index contributed by atoms with van der Waals surface area (Å²) in [5, 5.41) is 14.8. The lowest BCUT2D eigenvalue weighted by molar-refractivity contribution is 0.101. The van der Waals surface area contributed by atoms with Gasteiger partial charge in [-0.25, -0.2) is 0 Å². The van der Waals surface area contributed by atoms with Crippen molar-refractivity contribution in [2.45, 2.75) is 6.92 Å². The monoisotopic (exact) mass is 343 g/mol. The molecule has 0 aliphatic heterocycles. The minimum absolute atomic E-state index is 0.0393. The number of methoxy groups -OCH3 is 1. The Kier molecular flexibility index (Phi) is 4.43. The van der Waals surface area contributed by atoms with Crippen LogP contribution in [0.15, 0.2) is 42.5 Å². The molecule has 0 saturated carbocycles. The van der Waals surface area contributed by atoms with E-state index in [1.807, 2.05) is 31.2 Å². The van der Waals surface area contributed by atoms with Gasteiger partial charge in [0.25, 0.3) is 11.7 Å². The maximum Gasteiger partial charge on any atom is 0.297 e. The number of carbonyl (C=O) groups is 1. The molecule has 0 fully saturated rings. The standard InChI is InChI=1S/C16H14ClN5O2/c1-10-3-6-12(7-4-10)22-20-15(19-21-22)16(23)18-11-5-8-14(24-2)13(17)9-11/h3-9H,1-2H3,(H,18,23). The van der Waals surface area contributed by atoms with E-state index in [2.05, 4.69) is 20.7 Å². The Morgan fingerprint density at radius 3 is 2.62 bits per heavy atom. The smallest absolute Gasteiger partial charge is 0.297 e. The largest absolute Gasteiger partial charge is 0.495 e. The van der Waals surface area contributed by atoms with Crippen molar-refractivity contribution in [3.63, 3.8) is 0 Å². The lowest BCUT2D eigenvalue weighted by Crippen LogP contribution is -2.14. The second kappa shape index (κ2) is 6.67. The number of anilines is 1. The molecule has 7 nitrogen and oxygen atoms in total. The fourth-order valence-corrected chi connectivity index (χ4v) is 2.28. The average molecular weight is 344 g/mol. The molecule has 1 N–H and O–H groups in total. The van der Waals surface area contributed by atoms with Crippen molar-refractivity contribution in [3.05, 3.63) is 58.9 Å². The topological polar surface area (TPSA) is 81.9 Å². The van der Waals surface area contributed by atoms with E-state index < -0.39 is 5.91 Å². The molecule has 0 atom stereocenters. The lowest BCUT2D eigenvalue weighted by atomic mass is 10.2. The summed E-state index contributed by atoms with van der Waals surface area (Å²) in [4.78, 5) is 13.5. The molecule has 0 unspecified atom stereocenters. The minimum atomic E-state index is -0.477. The van der Waals surface area contributed by atoms with Crippen molar-refractivity contribution in [2.75, 3.05) is 12.4 Å². The molecule has 0 spiro atoms. The lowest BCUT2D eigenvalue weighted by Gasteiger charge is -2.06. The summed E-state index contributed by atoms with van der Waals surface area (Å²) in [6.07, 6.45) is 0. The van der Waals surface area contributed by atoms with Crippen LogP contribution in [0.4, 0.5) is 5.69 Å². The number of hydrogen-bond acceptors (Lipinski definition) is 5. The Balaban J connectivity index is 1.76. The van der Waals surface area contributed by atoms with Gasteiger partial charge in [-0.3, -0.25) is 4.79 Å². The molecule has 8 heteroatoms. The number of benzene rings is 2. The Hall–Kier alpha value is -2.93. The first-order valence-corrected chi connectivity index (χ1v) is 7.46. The molecule has 1 heterocycles. The number of nitrogens with one attached hydrogen (secondary N) is 1. The third kappa shape index (κ3) is 3.36. The van der Waals surface area contributed by atoms with Crippen LogP contribution in [0.3, 0.4) is 0 Å². The van der Waals surface area contributed by atoms with Gasteiger partial charge in [-0.2, -0.15) is 0 Å². The molecule has 24 heavy (non-hydrogen) atoms. The van der Waals surface area contributed by atoms with E-state index in [9.17, 15) is 4.79 Å². The first kappa shape index (κ1) is 15.9. The Labute approximate surface area is 143 Å². The van der Waals surface area contributed by atoms with Crippen molar-refractivity contribution in [1.29, 1.82) is 0 Å². The van der Waals surface area contributed by atoms with Gasteiger partial charge in [-0.05, 0) is 42.5 Å². The Morgan fingerprint density at radius 1 is 1.21 bits per heavy atom. The zero-order valence-corrected chi connectivity index (χ0v) is 13.8. The van der Waals surface area contributed by atoms with Gasteiger partial charge in [0.1, 0.15) is 5.75 Å². The van der Waals surface area contributed by atoms with Crippen LogP contribution >= 0.6 is 11.6 Å². The van der Waals surface area contributed by atoms with Gasteiger partial charge in [0.15, 0.2) is 0 Å². The van der Waals surface area contributed by atoms with Crippen molar-refractivity contribution in [1.82, 2.24) is 20.2 Å². The summed E-state index contributed by atoms with van der Waals surface area (Å²) in [6.45, 7) is 1.98. The number of aromatic nitrogens is 4. The quantitative estimate of drug-likeness (QED) is 0.787. The normalized spacial score (nSPS) is 10.5. The molecule has 122 valence electrons. The number of tetrazole rings is 1. The summed E-state index contributed by atoms with van der Waals surface area (Å²) in [7, 11) is 1.52. The van der Waals surface area contributed by atoms with Crippen LogP contribution in [0, 0.1) is 6.92 Å². The molecule has 0 bridgehead atoms. The number of ether oxygens (including phenoxy) is 1.